The Labute approximate surface area is 68.6 Å². The van der Waals surface area contributed by atoms with Crippen molar-refractivity contribution in [3.8, 4) is 0 Å². The van der Waals surface area contributed by atoms with Gasteiger partial charge in [-0.1, -0.05) is 32.3 Å². The van der Waals surface area contributed by atoms with E-state index in [1.165, 1.54) is 6.08 Å². The Hall–Kier alpha value is -0.340. The first-order valence-corrected chi connectivity index (χ1v) is 4.21. The molecule has 2 nitrogen and oxygen atoms in total. The fourth-order valence-corrected chi connectivity index (χ4v) is 0.931. The summed E-state index contributed by atoms with van der Waals surface area (Å²) in [6, 6.07) is 0. The Morgan fingerprint density at radius 3 is 2.45 bits per heavy atom. The Morgan fingerprint density at radius 2 is 2.00 bits per heavy atom. The fraction of sp³-hybridized carbons (Fsp3) is 0.778. The molecule has 0 aliphatic carbocycles. The maximum atomic E-state index is 9.22. The molecule has 0 bridgehead atoms. The molecule has 0 aromatic carbocycles. The smallest absolute Gasteiger partial charge is 0.0977 e. The minimum atomic E-state index is -0.758. The van der Waals surface area contributed by atoms with E-state index in [1.807, 2.05) is 0 Å². The minimum absolute atomic E-state index is 0.626. The monoisotopic (exact) mass is 158 g/mol. The van der Waals surface area contributed by atoms with Gasteiger partial charge in [0.15, 0.2) is 0 Å². The molecule has 66 valence electrons. The molecule has 0 heterocycles. The molecular formula is C9H18O2. The van der Waals surface area contributed by atoms with Crippen LogP contribution in [0.4, 0.5) is 0 Å². The molecule has 0 aromatic heterocycles. The second kappa shape index (κ2) is 6.38. The van der Waals surface area contributed by atoms with Crippen molar-refractivity contribution < 1.29 is 10.2 Å². The van der Waals surface area contributed by atoms with Gasteiger partial charge in [0.05, 0.1) is 12.2 Å². The van der Waals surface area contributed by atoms with Gasteiger partial charge in [0.1, 0.15) is 0 Å². The predicted octanol–water partition coefficient (Wildman–Crippen LogP) is 1.47. The first-order chi connectivity index (χ1) is 5.22. The average molecular weight is 158 g/mol. The molecule has 0 rings (SSSR count). The molecule has 0 aliphatic heterocycles. The third-order valence-corrected chi connectivity index (χ3v) is 1.74. The molecule has 0 saturated heterocycles. The van der Waals surface area contributed by atoms with Crippen LogP contribution in [0.2, 0.25) is 0 Å². The van der Waals surface area contributed by atoms with Crippen molar-refractivity contribution >= 4 is 0 Å². The third-order valence-electron chi connectivity index (χ3n) is 1.74. The van der Waals surface area contributed by atoms with Gasteiger partial charge in [0.2, 0.25) is 0 Å². The van der Waals surface area contributed by atoms with Gasteiger partial charge in [-0.3, -0.25) is 0 Å². The van der Waals surface area contributed by atoms with Crippen molar-refractivity contribution in [1.29, 1.82) is 0 Å². The first-order valence-electron chi connectivity index (χ1n) is 4.21. The summed E-state index contributed by atoms with van der Waals surface area (Å²) < 4.78 is 0. The van der Waals surface area contributed by atoms with Crippen LogP contribution in [0.25, 0.3) is 0 Å². The topological polar surface area (TPSA) is 40.5 Å². The van der Waals surface area contributed by atoms with E-state index in [2.05, 4.69) is 13.5 Å². The quantitative estimate of drug-likeness (QED) is 0.454. The van der Waals surface area contributed by atoms with Crippen molar-refractivity contribution in [1.82, 2.24) is 0 Å². The second-order valence-corrected chi connectivity index (χ2v) is 2.79. The van der Waals surface area contributed by atoms with Gasteiger partial charge < -0.3 is 10.2 Å². The molecule has 0 radical (unpaired) electrons. The number of aliphatic hydroxyl groups excluding tert-OH is 2. The van der Waals surface area contributed by atoms with E-state index in [-0.39, 0.29) is 0 Å². The van der Waals surface area contributed by atoms with Crippen LogP contribution in [-0.2, 0) is 0 Å². The average Bonchev–Trinajstić information content (AvgIpc) is 2.03. The highest BCUT2D eigenvalue weighted by Gasteiger charge is 2.10. The number of rotatable bonds is 6. The van der Waals surface area contributed by atoms with E-state index < -0.39 is 12.2 Å². The molecule has 0 amide bonds. The summed E-state index contributed by atoms with van der Waals surface area (Å²) in [6.45, 7) is 5.51. The van der Waals surface area contributed by atoms with Gasteiger partial charge in [-0.2, -0.15) is 0 Å². The standard InChI is InChI=1S/C9H18O2/c1-3-5-6-7-9(11)8(10)4-2/h4,8-11H,2-3,5-7H2,1H3. The van der Waals surface area contributed by atoms with Gasteiger partial charge in [-0.15, -0.1) is 6.58 Å². The molecule has 11 heavy (non-hydrogen) atoms. The van der Waals surface area contributed by atoms with Gasteiger partial charge in [-0.25, -0.2) is 0 Å². The minimum Gasteiger partial charge on any atom is -0.390 e. The zero-order chi connectivity index (χ0) is 8.69. The number of aliphatic hydroxyl groups is 2. The Balaban J connectivity index is 3.35. The lowest BCUT2D eigenvalue weighted by Crippen LogP contribution is -2.23. The molecule has 0 spiro atoms. The largest absolute Gasteiger partial charge is 0.390 e. The van der Waals surface area contributed by atoms with E-state index >= 15 is 0 Å². The van der Waals surface area contributed by atoms with Crippen molar-refractivity contribution in [2.24, 2.45) is 0 Å². The zero-order valence-corrected chi connectivity index (χ0v) is 7.16. The summed E-state index contributed by atoms with van der Waals surface area (Å²) in [6.07, 6.45) is 3.88. The van der Waals surface area contributed by atoms with Gasteiger partial charge in [0, 0.05) is 0 Å². The van der Waals surface area contributed by atoms with Gasteiger partial charge in [-0.05, 0) is 6.42 Å². The van der Waals surface area contributed by atoms with Crippen LogP contribution < -0.4 is 0 Å². The molecule has 2 heteroatoms. The summed E-state index contributed by atoms with van der Waals surface area (Å²) in [5, 5.41) is 18.3. The molecule has 2 N–H and O–H groups in total. The Bertz CT molecular complexity index is 102. The maximum absolute atomic E-state index is 9.22. The van der Waals surface area contributed by atoms with Gasteiger partial charge >= 0.3 is 0 Å². The van der Waals surface area contributed by atoms with Crippen molar-refractivity contribution in [3.63, 3.8) is 0 Å². The van der Waals surface area contributed by atoms with E-state index in [1.54, 1.807) is 0 Å². The van der Waals surface area contributed by atoms with Crippen molar-refractivity contribution in [3.05, 3.63) is 12.7 Å². The molecule has 0 aliphatic rings. The normalized spacial score (nSPS) is 15.9. The van der Waals surface area contributed by atoms with Crippen LogP contribution >= 0.6 is 0 Å². The Morgan fingerprint density at radius 1 is 1.36 bits per heavy atom. The number of hydrogen-bond donors (Lipinski definition) is 2. The molecule has 2 atom stereocenters. The lowest BCUT2D eigenvalue weighted by molar-refractivity contribution is 0.0417. The summed E-state index contributed by atoms with van der Waals surface area (Å²) in [4.78, 5) is 0. The molecular weight excluding hydrogens is 140 g/mol. The van der Waals surface area contributed by atoms with Crippen LogP contribution in [0.3, 0.4) is 0 Å². The fourth-order valence-electron chi connectivity index (χ4n) is 0.931. The van der Waals surface area contributed by atoms with E-state index in [0.29, 0.717) is 6.42 Å². The summed E-state index contributed by atoms with van der Waals surface area (Å²) >= 11 is 0. The highest BCUT2D eigenvalue weighted by Crippen LogP contribution is 2.06. The van der Waals surface area contributed by atoms with E-state index in [0.717, 1.165) is 19.3 Å². The lowest BCUT2D eigenvalue weighted by Gasteiger charge is -2.13. The summed E-state index contributed by atoms with van der Waals surface area (Å²) in [5.41, 5.74) is 0. The van der Waals surface area contributed by atoms with E-state index in [9.17, 15) is 5.11 Å². The second-order valence-electron chi connectivity index (χ2n) is 2.79. The highest BCUT2D eigenvalue weighted by atomic mass is 16.3. The first kappa shape index (κ1) is 10.7. The van der Waals surface area contributed by atoms with Crippen LogP contribution in [0.15, 0.2) is 12.7 Å². The van der Waals surface area contributed by atoms with Crippen LogP contribution in [0.5, 0.6) is 0 Å². The van der Waals surface area contributed by atoms with Gasteiger partial charge in [0.25, 0.3) is 0 Å². The molecule has 0 aromatic rings. The zero-order valence-electron chi connectivity index (χ0n) is 7.16. The van der Waals surface area contributed by atoms with Crippen LogP contribution in [-0.4, -0.2) is 22.4 Å². The molecule has 2 unspecified atom stereocenters. The van der Waals surface area contributed by atoms with E-state index in [4.69, 9.17) is 5.11 Å². The third kappa shape index (κ3) is 4.99. The van der Waals surface area contributed by atoms with Crippen LogP contribution in [0.1, 0.15) is 32.6 Å². The SMILES string of the molecule is C=CC(O)C(O)CCCCC. The number of hydrogen-bond acceptors (Lipinski definition) is 2. The summed E-state index contributed by atoms with van der Waals surface area (Å²) in [7, 11) is 0. The number of unbranched alkanes of at least 4 members (excludes halogenated alkanes) is 2. The highest BCUT2D eigenvalue weighted by molar-refractivity contribution is 4.83. The summed E-state index contributed by atoms with van der Waals surface area (Å²) in [5.74, 6) is 0. The lowest BCUT2D eigenvalue weighted by atomic mass is 10.1. The van der Waals surface area contributed by atoms with Crippen molar-refractivity contribution in [2.45, 2.75) is 44.8 Å². The maximum Gasteiger partial charge on any atom is 0.0977 e. The Kier molecular flexibility index (Phi) is 6.18. The van der Waals surface area contributed by atoms with Crippen LogP contribution in [0, 0.1) is 0 Å². The molecule has 0 saturated carbocycles. The predicted molar refractivity (Wildman–Crippen MR) is 46.4 cm³/mol. The molecule has 0 fully saturated rings. The van der Waals surface area contributed by atoms with Crippen molar-refractivity contribution in [2.75, 3.05) is 0 Å².